The lowest BCUT2D eigenvalue weighted by molar-refractivity contribution is 0.960. The smallest absolute Gasteiger partial charge is 0.00367 e. The molecular weight excluding hydrogens is 182 g/mol. The first-order valence-electron chi connectivity index (χ1n) is 5.74. The van der Waals surface area contributed by atoms with Crippen LogP contribution in [-0.2, 0) is 6.42 Å². The van der Waals surface area contributed by atoms with Crippen molar-refractivity contribution < 1.29 is 0 Å². The summed E-state index contributed by atoms with van der Waals surface area (Å²) in [5.74, 6) is 0. The molecule has 1 nitrogen and oxygen atoms in total. The Morgan fingerprint density at radius 2 is 2.13 bits per heavy atom. The third-order valence-corrected chi connectivity index (χ3v) is 2.53. The van der Waals surface area contributed by atoms with E-state index in [0.717, 1.165) is 19.4 Å². The molecule has 0 aliphatic rings. The van der Waals surface area contributed by atoms with E-state index < -0.39 is 0 Å². The second-order valence-corrected chi connectivity index (χ2v) is 3.92. The van der Waals surface area contributed by atoms with Gasteiger partial charge in [-0.15, -0.1) is 0 Å². The quantitative estimate of drug-likeness (QED) is 0.780. The Bertz CT molecular complexity index is 326. The van der Waals surface area contributed by atoms with E-state index in [4.69, 9.17) is 5.73 Å². The lowest BCUT2D eigenvalue weighted by Crippen LogP contribution is -2.02. The Kier molecular flexibility index (Phi) is 5.13. The summed E-state index contributed by atoms with van der Waals surface area (Å²) in [4.78, 5) is 0. The van der Waals surface area contributed by atoms with Gasteiger partial charge in [-0.1, -0.05) is 43.7 Å². The van der Waals surface area contributed by atoms with Gasteiger partial charge in [-0.05, 0) is 43.0 Å². The standard InChI is InChI=1S/C14H21N/c1-3-4-5-6-14-11-13(9-10-15)8-7-12(14)2/h5-8,11H,3-4,9-10,15H2,1-2H3/b6-5-. The minimum Gasteiger partial charge on any atom is -0.330 e. The number of aryl methyl sites for hydroxylation is 1. The number of benzene rings is 1. The molecular formula is C14H21N. The van der Waals surface area contributed by atoms with Crippen molar-refractivity contribution in [1.29, 1.82) is 0 Å². The Morgan fingerprint density at radius 1 is 1.33 bits per heavy atom. The molecule has 0 saturated heterocycles. The van der Waals surface area contributed by atoms with Gasteiger partial charge in [-0.25, -0.2) is 0 Å². The average molecular weight is 203 g/mol. The van der Waals surface area contributed by atoms with E-state index in [1.165, 1.54) is 23.1 Å². The van der Waals surface area contributed by atoms with Gasteiger partial charge in [0.1, 0.15) is 0 Å². The second kappa shape index (κ2) is 6.41. The van der Waals surface area contributed by atoms with Gasteiger partial charge in [0.25, 0.3) is 0 Å². The van der Waals surface area contributed by atoms with Gasteiger partial charge in [-0.3, -0.25) is 0 Å². The summed E-state index contributed by atoms with van der Waals surface area (Å²) in [5, 5.41) is 0. The minimum atomic E-state index is 0.723. The summed E-state index contributed by atoms with van der Waals surface area (Å²) in [6.45, 7) is 5.07. The highest BCUT2D eigenvalue weighted by molar-refractivity contribution is 5.54. The van der Waals surface area contributed by atoms with Crippen LogP contribution in [0.3, 0.4) is 0 Å². The monoisotopic (exact) mass is 203 g/mol. The molecule has 0 atom stereocenters. The van der Waals surface area contributed by atoms with Gasteiger partial charge in [0.05, 0.1) is 0 Å². The first-order chi connectivity index (χ1) is 7.27. The molecule has 0 bridgehead atoms. The molecule has 1 heteroatoms. The van der Waals surface area contributed by atoms with Crippen LogP contribution in [0.15, 0.2) is 24.3 Å². The molecule has 1 aromatic rings. The number of allylic oxidation sites excluding steroid dienone is 1. The fourth-order valence-corrected chi connectivity index (χ4v) is 1.57. The van der Waals surface area contributed by atoms with Gasteiger partial charge in [0, 0.05) is 0 Å². The summed E-state index contributed by atoms with van der Waals surface area (Å²) >= 11 is 0. The molecule has 0 spiro atoms. The zero-order chi connectivity index (χ0) is 11.1. The molecule has 0 aliphatic heterocycles. The van der Waals surface area contributed by atoms with E-state index in [9.17, 15) is 0 Å². The molecule has 1 rings (SSSR count). The summed E-state index contributed by atoms with van der Waals surface area (Å²) in [5.41, 5.74) is 9.55. The molecule has 82 valence electrons. The Morgan fingerprint density at radius 3 is 2.80 bits per heavy atom. The highest BCUT2D eigenvalue weighted by Crippen LogP contribution is 2.13. The first-order valence-corrected chi connectivity index (χ1v) is 5.74. The van der Waals surface area contributed by atoms with E-state index in [1.54, 1.807) is 0 Å². The first kappa shape index (κ1) is 12.0. The molecule has 15 heavy (non-hydrogen) atoms. The average Bonchev–Trinajstić information content (AvgIpc) is 2.23. The van der Waals surface area contributed by atoms with Crippen molar-refractivity contribution in [2.24, 2.45) is 5.73 Å². The van der Waals surface area contributed by atoms with Crippen molar-refractivity contribution in [2.45, 2.75) is 33.1 Å². The van der Waals surface area contributed by atoms with Crippen LogP contribution >= 0.6 is 0 Å². The van der Waals surface area contributed by atoms with Crippen LogP contribution in [0.5, 0.6) is 0 Å². The van der Waals surface area contributed by atoms with Crippen LogP contribution in [-0.4, -0.2) is 6.54 Å². The summed E-state index contributed by atoms with van der Waals surface area (Å²) in [7, 11) is 0. The lowest BCUT2D eigenvalue weighted by atomic mass is 10.0. The zero-order valence-electron chi connectivity index (χ0n) is 9.79. The fourth-order valence-electron chi connectivity index (χ4n) is 1.57. The minimum absolute atomic E-state index is 0.723. The summed E-state index contributed by atoms with van der Waals surface area (Å²) in [6.07, 6.45) is 7.79. The van der Waals surface area contributed by atoms with Crippen molar-refractivity contribution in [1.82, 2.24) is 0 Å². The Labute approximate surface area is 93.0 Å². The van der Waals surface area contributed by atoms with Gasteiger partial charge in [-0.2, -0.15) is 0 Å². The molecule has 0 saturated carbocycles. The highest BCUT2D eigenvalue weighted by Gasteiger charge is 1.96. The third kappa shape index (κ3) is 3.88. The molecule has 0 fully saturated rings. The lowest BCUT2D eigenvalue weighted by Gasteiger charge is -2.04. The number of unbranched alkanes of at least 4 members (excludes halogenated alkanes) is 1. The Hall–Kier alpha value is -1.08. The molecule has 0 unspecified atom stereocenters. The molecule has 0 radical (unpaired) electrons. The highest BCUT2D eigenvalue weighted by atomic mass is 14.5. The van der Waals surface area contributed by atoms with Gasteiger partial charge < -0.3 is 5.73 Å². The largest absolute Gasteiger partial charge is 0.330 e. The number of hydrogen-bond acceptors (Lipinski definition) is 1. The van der Waals surface area contributed by atoms with E-state index >= 15 is 0 Å². The maximum atomic E-state index is 5.55. The zero-order valence-corrected chi connectivity index (χ0v) is 9.79. The topological polar surface area (TPSA) is 26.0 Å². The predicted octanol–water partition coefficient (Wildman–Crippen LogP) is 3.31. The molecule has 1 aromatic carbocycles. The number of hydrogen-bond donors (Lipinski definition) is 1. The van der Waals surface area contributed by atoms with Crippen LogP contribution in [0.4, 0.5) is 0 Å². The third-order valence-electron chi connectivity index (χ3n) is 2.53. The second-order valence-electron chi connectivity index (χ2n) is 3.92. The van der Waals surface area contributed by atoms with E-state index in [-0.39, 0.29) is 0 Å². The van der Waals surface area contributed by atoms with Crippen LogP contribution in [0.25, 0.3) is 6.08 Å². The Balaban J connectivity index is 2.80. The molecule has 0 aliphatic carbocycles. The van der Waals surface area contributed by atoms with E-state index in [1.807, 2.05) is 0 Å². The summed E-state index contributed by atoms with van der Waals surface area (Å²) in [6, 6.07) is 6.59. The van der Waals surface area contributed by atoms with Crippen molar-refractivity contribution in [2.75, 3.05) is 6.54 Å². The van der Waals surface area contributed by atoms with E-state index in [0.29, 0.717) is 0 Å². The van der Waals surface area contributed by atoms with E-state index in [2.05, 4.69) is 44.2 Å². The van der Waals surface area contributed by atoms with Crippen molar-refractivity contribution in [3.05, 3.63) is 41.0 Å². The predicted molar refractivity (Wildman–Crippen MR) is 67.9 cm³/mol. The maximum absolute atomic E-state index is 5.55. The van der Waals surface area contributed by atoms with Crippen LogP contribution < -0.4 is 5.73 Å². The molecule has 0 heterocycles. The molecule has 0 aromatic heterocycles. The van der Waals surface area contributed by atoms with Crippen LogP contribution in [0.2, 0.25) is 0 Å². The van der Waals surface area contributed by atoms with Crippen molar-refractivity contribution >= 4 is 6.08 Å². The van der Waals surface area contributed by atoms with Gasteiger partial charge in [0.2, 0.25) is 0 Å². The normalized spacial score (nSPS) is 11.1. The SMILES string of the molecule is CCC/C=C\c1cc(CCN)ccc1C. The van der Waals surface area contributed by atoms with Crippen LogP contribution in [0, 0.1) is 6.92 Å². The number of rotatable bonds is 5. The van der Waals surface area contributed by atoms with Gasteiger partial charge in [0.15, 0.2) is 0 Å². The maximum Gasteiger partial charge on any atom is -0.00367 e. The summed E-state index contributed by atoms with van der Waals surface area (Å²) < 4.78 is 0. The van der Waals surface area contributed by atoms with Gasteiger partial charge >= 0.3 is 0 Å². The van der Waals surface area contributed by atoms with Crippen molar-refractivity contribution in [3.63, 3.8) is 0 Å². The fraction of sp³-hybridized carbons (Fsp3) is 0.429. The molecule has 2 N–H and O–H groups in total. The van der Waals surface area contributed by atoms with Crippen molar-refractivity contribution in [3.8, 4) is 0 Å². The van der Waals surface area contributed by atoms with Crippen LogP contribution in [0.1, 0.15) is 36.5 Å². The number of nitrogens with two attached hydrogens (primary N) is 1. The molecule has 0 amide bonds.